The van der Waals surface area contributed by atoms with E-state index in [1.54, 1.807) is 19.1 Å². The van der Waals surface area contributed by atoms with Crippen molar-refractivity contribution in [1.29, 1.82) is 0 Å². The van der Waals surface area contributed by atoms with Crippen molar-refractivity contribution in [2.24, 2.45) is 5.92 Å². The van der Waals surface area contributed by atoms with Crippen LogP contribution in [0.15, 0.2) is 30.0 Å². The smallest absolute Gasteiger partial charge is 0.239 e. The Balaban J connectivity index is 1.63. The number of piperidine rings is 1. The van der Waals surface area contributed by atoms with Gasteiger partial charge in [0, 0.05) is 36.7 Å². The van der Waals surface area contributed by atoms with E-state index in [4.69, 9.17) is 9.47 Å². The fourth-order valence-corrected chi connectivity index (χ4v) is 5.81. The summed E-state index contributed by atoms with van der Waals surface area (Å²) in [6.45, 7) is 1.62. The van der Waals surface area contributed by atoms with Crippen LogP contribution in [0, 0.1) is 5.92 Å². The molecule has 2 saturated heterocycles. The number of aliphatic hydroxyl groups is 1. The highest BCUT2D eigenvalue weighted by Gasteiger charge is 2.68. The molecule has 1 spiro atoms. The van der Waals surface area contributed by atoms with E-state index < -0.39 is 11.0 Å². The molecule has 0 saturated carbocycles. The van der Waals surface area contributed by atoms with Gasteiger partial charge in [0.05, 0.1) is 24.5 Å². The van der Waals surface area contributed by atoms with E-state index in [1.807, 2.05) is 18.2 Å². The molecule has 28 heavy (non-hydrogen) atoms. The summed E-state index contributed by atoms with van der Waals surface area (Å²) in [5.41, 5.74) is 0.348. The number of ether oxygens (including phenoxy) is 2. The number of ketones is 1. The van der Waals surface area contributed by atoms with Gasteiger partial charge in [-0.05, 0) is 31.4 Å². The van der Waals surface area contributed by atoms with Crippen LogP contribution in [0.25, 0.3) is 0 Å². The summed E-state index contributed by atoms with van der Waals surface area (Å²) in [6, 6.07) is 5.24. The second-order valence-corrected chi connectivity index (χ2v) is 8.41. The molecular weight excluding hydrogens is 360 g/mol. The topological polar surface area (TPSA) is 88.1 Å². The van der Waals surface area contributed by atoms with E-state index in [-0.39, 0.29) is 36.3 Å². The summed E-state index contributed by atoms with van der Waals surface area (Å²) in [4.78, 5) is 27.4. The number of nitrogens with zero attached hydrogens (tertiary/aromatic N) is 1. The Bertz CT molecular complexity index is 927. The molecule has 0 aliphatic carbocycles. The minimum absolute atomic E-state index is 0.0206. The Morgan fingerprint density at radius 2 is 2.18 bits per heavy atom. The molecule has 4 aliphatic rings. The molecule has 1 aromatic rings. The van der Waals surface area contributed by atoms with Crippen LogP contribution in [0.5, 0.6) is 5.75 Å². The number of fused-ring (bicyclic) bond motifs is 7. The molecule has 0 unspecified atom stereocenters. The second kappa shape index (κ2) is 5.58. The van der Waals surface area contributed by atoms with Gasteiger partial charge in [0.15, 0.2) is 5.78 Å². The van der Waals surface area contributed by atoms with Crippen molar-refractivity contribution >= 4 is 17.4 Å². The van der Waals surface area contributed by atoms with Crippen molar-refractivity contribution in [3.05, 3.63) is 35.6 Å². The largest absolute Gasteiger partial charge is 0.498 e. The molecule has 5 atom stereocenters. The number of anilines is 1. The van der Waals surface area contributed by atoms with Gasteiger partial charge in [-0.1, -0.05) is 6.07 Å². The first-order chi connectivity index (χ1) is 13.3. The van der Waals surface area contributed by atoms with Gasteiger partial charge in [-0.25, -0.2) is 0 Å². The number of hydrogen-bond donors (Lipinski definition) is 2. The lowest BCUT2D eigenvalue weighted by Crippen LogP contribution is -2.64. The van der Waals surface area contributed by atoms with Crippen molar-refractivity contribution in [2.45, 2.75) is 42.9 Å². The average Bonchev–Trinajstić information content (AvgIpc) is 3.13. The standard InChI is InChI=1S/C21H24N2O5/c1-11(24)13-9-28-10-21(26)15(13)7-17-20(8-18(21)22-17)14-5-4-12(27-3)6-16(14)23(2)19(20)25/h4-6,9,15,17-18,22,26H,7-8,10H2,1-3H3/t15-,17-,18-,20+,21-/m1/s1. The zero-order valence-corrected chi connectivity index (χ0v) is 16.2. The summed E-state index contributed by atoms with van der Waals surface area (Å²) < 4.78 is 10.8. The molecule has 4 heterocycles. The van der Waals surface area contributed by atoms with Crippen LogP contribution in [0.1, 0.15) is 25.3 Å². The third kappa shape index (κ3) is 1.96. The van der Waals surface area contributed by atoms with Crippen molar-refractivity contribution < 1.29 is 24.2 Å². The van der Waals surface area contributed by atoms with E-state index >= 15 is 0 Å². The number of nitrogens with one attached hydrogen (secondary N) is 1. The molecule has 2 N–H and O–H groups in total. The number of hydrogen-bond acceptors (Lipinski definition) is 6. The Morgan fingerprint density at radius 3 is 2.89 bits per heavy atom. The van der Waals surface area contributed by atoms with Gasteiger partial charge >= 0.3 is 0 Å². The molecule has 7 heteroatoms. The maximum atomic E-state index is 13.5. The fraction of sp³-hybridized carbons (Fsp3) is 0.524. The van der Waals surface area contributed by atoms with Gasteiger partial charge in [0.2, 0.25) is 5.91 Å². The molecule has 0 aromatic heterocycles. The van der Waals surface area contributed by atoms with Crippen molar-refractivity contribution in [2.75, 3.05) is 25.7 Å². The van der Waals surface area contributed by atoms with E-state index in [1.165, 1.54) is 13.2 Å². The van der Waals surface area contributed by atoms with E-state index in [9.17, 15) is 14.7 Å². The molecule has 5 rings (SSSR count). The van der Waals surface area contributed by atoms with E-state index in [2.05, 4.69) is 5.32 Å². The summed E-state index contributed by atoms with van der Waals surface area (Å²) in [6.07, 6.45) is 2.47. The van der Waals surface area contributed by atoms with Gasteiger partial charge < -0.3 is 24.8 Å². The normalized spacial score (nSPS) is 38.0. The fourth-order valence-electron chi connectivity index (χ4n) is 5.81. The minimum Gasteiger partial charge on any atom is -0.498 e. The maximum absolute atomic E-state index is 13.5. The third-order valence-electron chi connectivity index (χ3n) is 7.24. The number of methoxy groups -OCH3 is 1. The van der Waals surface area contributed by atoms with Crippen LogP contribution in [0.3, 0.4) is 0 Å². The molecule has 148 valence electrons. The SMILES string of the molecule is COc1ccc2c(c1)N(C)C(=O)[C@@]21C[C@H]2N[C@@H]1C[C@@H]1C(C(C)=O)=COC[C@@]12O. The van der Waals surface area contributed by atoms with Crippen LogP contribution in [0.2, 0.25) is 0 Å². The number of carbonyl (C=O) groups is 2. The Labute approximate surface area is 163 Å². The predicted octanol–water partition coefficient (Wildman–Crippen LogP) is 0.894. The molecular formula is C21H24N2O5. The monoisotopic (exact) mass is 384 g/mol. The highest BCUT2D eigenvalue weighted by molar-refractivity contribution is 6.09. The average molecular weight is 384 g/mol. The number of carbonyl (C=O) groups excluding carboxylic acids is 2. The summed E-state index contributed by atoms with van der Waals surface area (Å²) in [5, 5.41) is 15.0. The van der Waals surface area contributed by atoms with Crippen LogP contribution < -0.4 is 15.0 Å². The lowest BCUT2D eigenvalue weighted by Gasteiger charge is -2.47. The van der Waals surface area contributed by atoms with Crippen molar-refractivity contribution in [3.8, 4) is 5.75 Å². The van der Waals surface area contributed by atoms with Crippen molar-refractivity contribution in [1.82, 2.24) is 5.32 Å². The minimum atomic E-state index is -1.20. The number of rotatable bonds is 2. The molecule has 7 nitrogen and oxygen atoms in total. The summed E-state index contributed by atoms with van der Waals surface area (Å²) in [5.74, 6) is 0.285. The number of benzene rings is 1. The number of likely N-dealkylation sites (N-methyl/N-ethyl adjacent to an activating group) is 1. The molecule has 1 amide bonds. The third-order valence-corrected chi connectivity index (χ3v) is 7.24. The first-order valence-corrected chi connectivity index (χ1v) is 9.60. The lowest BCUT2D eigenvalue weighted by molar-refractivity contribution is -0.126. The molecule has 0 radical (unpaired) electrons. The summed E-state index contributed by atoms with van der Waals surface area (Å²) in [7, 11) is 3.39. The van der Waals surface area contributed by atoms with Crippen LogP contribution in [-0.2, 0) is 19.7 Å². The zero-order chi connectivity index (χ0) is 19.8. The molecule has 4 aliphatic heterocycles. The highest BCUT2D eigenvalue weighted by atomic mass is 16.5. The van der Waals surface area contributed by atoms with Gasteiger partial charge in [0.25, 0.3) is 0 Å². The van der Waals surface area contributed by atoms with Crippen LogP contribution in [-0.4, -0.2) is 55.2 Å². The molecule has 1 aromatic carbocycles. The lowest BCUT2D eigenvalue weighted by atomic mass is 9.70. The van der Waals surface area contributed by atoms with Gasteiger partial charge in [0.1, 0.15) is 18.0 Å². The Kier molecular flexibility index (Phi) is 3.53. The van der Waals surface area contributed by atoms with Gasteiger partial charge in [-0.15, -0.1) is 0 Å². The maximum Gasteiger partial charge on any atom is 0.239 e. The molecule has 2 bridgehead atoms. The number of Topliss-reactive ketones (excluding diaryl/α,β-unsaturated/α-hetero) is 1. The first kappa shape index (κ1) is 17.7. The van der Waals surface area contributed by atoms with E-state index in [0.717, 1.165) is 11.3 Å². The predicted molar refractivity (Wildman–Crippen MR) is 101 cm³/mol. The molecule has 2 fully saturated rings. The number of amides is 1. The summed E-state index contributed by atoms with van der Waals surface area (Å²) >= 11 is 0. The van der Waals surface area contributed by atoms with Gasteiger partial charge in [-0.3, -0.25) is 9.59 Å². The first-order valence-electron chi connectivity index (χ1n) is 9.60. The van der Waals surface area contributed by atoms with Gasteiger partial charge in [-0.2, -0.15) is 0 Å². The van der Waals surface area contributed by atoms with E-state index in [0.29, 0.717) is 24.2 Å². The Hall–Kier alpha value is -2.38. The second-order valence-electron chi connectivity index (χ2n) is 8.41. The van der Waals surface area contributed by atoms with Crippen LogP contribution >= 0.6 is 0 Å². The quantitative estimate of drug-likeness (QED) is 0.788. The highest BCUT2D eigenvalue weighted by Crippen LogP contribution is 2.57. The van der Waals surface area contributed by atoms with Crippen molar-refractivity contribution in [3.63, 3.8) is 0 Å². The Morgan fingerprint density at radius 1 is 1.39 bits per heavy atom. The van der Waals surface area contributed by atoms with Crippen LogP contribution in [0.4, 0.5) is 5.69 Å². The zero-order valence-electron chi connectivity index (χ0n) is 16.2.